The number of halogens is 1. The number of hydrogen-bond acceptors (Lipinski definition) is 4. The number of allylic oxidation sites excluding steroid dienone is 4. The number of nitrogens with zero attached hydrogens (tertiary/aromatic N) is 2. The van der Waals surface area contributed by atoms with Gasteiger partial charge in [0.2, 0.25) is 11.8 Å². The minimum Gasteiger partial charge on any atom is -0.274 e. The summed E-state index contributed by atoms with van der Waals surface area (Å²) < 4.78 is 0. The van der Waals surface area contributed by atoms with E-state index >= 15 is 0 Å². The van der Waals surface area contributed by atoms with Gasteiger partial charge in [0, 0.05) is 17.9 Å². The number of fused-ring (bicyclic) bond motifs is 5. The second kappa shape index (κ2) is 6.27. The van der Waals surface area contributed by atoms with Crippen LogP contribution in [0.25, 0.3) is 0 Å². The van der Waals surface area contributed by atoms with Crippen molar-refractivity contribution >= 4 is 34.8 Å². The van der Waals surface area contributed by atoms with E-state index in [1.54, 1.807) is 0 Å². The molecular formula is C21H19ClN2O4. The van der Waals surface area contributed by atoms with Crippen LogP contribution in [-0.4, -0.2) is 16.7 Å². The number of amides is 2. The number of rotatable bonds is 2. The van der Waals surface area contributed by atoms with E-state index in [1.807, 2.05) is 0 Å². The van der Waals surface area contributed by atoms with Crippen molar-refractivity contribution in [1.82, 2.24) is 0 Å². The van der Waals surface area contributed by atoms with Gasteiger partial charge < -0.3 is 0 Å². The van der Waals surface area contributed by atoms with Gasteiger partial charge in [-0.1, -0.05) is 41.3 Å². The van der Waals surface area contributed by atoms with Gasteiger partial charge in [-0.05, 0) is 37.8 Å². The van der Waals surface area contributed by atoms with E-state index in [-0.39, 0.29) is 51.9 Å². The number of carbonyl (C=O) groups is 2. The molecule has 0 aromatic heterocycles. The van der Waals surface area contributed by atoms with Gasteiger partial charge in [-0.15, -0.1) is 0 Å². The van der Waals surface area contributed by atoms with Crippen molar-refractivity contribution in [2.24, 2.45) is 23.7 Å². The van der Waals surface area contributed by atoms with Crippen molar-refractivity contribution in [2.75, 3.05) is 4.90 Å². The van der Waals surface area contributed by atoms with Gasteiger partial charge in [0.15, 0.2) is 0 Å². The fourth-order valence-corrected chi connectivity index (χ4v) is 5.72. The van der Waals surface area contributed by atoms with Crippen LogP contribution in [-0.2, 0) is 9.59 Å². The second-order valence-corrected chi connectivity index (χ2v) is 8.42. The van der Waals surface area contributed by atoms with E-state index in [4.69, 9.17) is 11.6 Å². The Labute approximate surface area is 167 Å². The highest BCUT2D eigenvalue weighted by Gasteiger charge is 2.62. The lowest BCUT2D eigenvalue weighted by Crippen LogP contribution is -2.33. The van der Waals surface area contributed by atoms with Crippen LogP contribution in [0.3, 0.4) is 0 Å². The highest BCUT2D eigenvalue weighted by molar-refractivity contribution is 6.33. The third-order valence-electron chi connectivity index (χ3n) is 6.67. The monoisotopic (exact) mass is 398 g/mol. The van der Waals surface area contributed by atoms with Crippen LogP contribution in [0.1, 0.15) is 32.1 Å². The molecule has 28 heavy (non-hydrogen) atoms. The molecule has 1 aliphatic heterocycles. The molecule has 1 saturated heterocycles. The number of nitro benzene ring substituents is 1. The largest absolute Gasteiger partial charge is 0.289 e. The van der Waals surface area contributed by atoms with Crippen LogP contribution < -0.4 is 4.90 Å². The number of nitro groups is 1. The molecule has 2 bridgehead atoms. The summed E-state index contributed by atoms with van der Waals surface area (Å²) in [6, 6.07) is 4.09. The third kappa shape index (κ3) is 2.33. The van der Waals surface area contributed by atoms with Crippen LogP contribution in [0.5, 0.6) is 0 Å². The molecule has 3 aliphatic carbocycles. The van der Waals surface area contributed by atoms with E-state index < -0.39 is 4.92 Å². The molecule has 2 saturated carbocycles. The first-order chi connectivity index (χ1) is 13.5. The molecule has 4 aliphatic rings. The van der Waals surface area contributed by atoms with Crippen molar-refractivity contribution in [3.63, 3.8) is 0 Å². The summed E-state index contributed by atoms with van der Waals surface area (Å²) in [5.74, 6) is -1.29. The molecule has 1 aromatic carbocycles. The smallest absolute Gasteiger partial charge is 0.274 e. The van der Waals surface area contributed by atoms with Gasteiger partial charge in [-0.2, -0.15) is 0 Å². The number of benzene rings is 1. The normalized spacial score (nSPS) is 31.1. The van der Waals surface area contributed by atoms with Gasteiger partial charge in [-0.25, -0.2) is 4.90 Å². The molecule has 6 nitrogen and oxygen atoms in total. The van der Waals surface area contributed by atoms with E-state index in [1.165, 1.54) is 48.6 Å². The Balaban J connectivity index is 1.52. The maximum atomic E-state index is 13.2. The zero-order chi connectivity index (χ0) is 19.6. The Hall–Kier alpha value is -2.47. The topological polar surface area (TPSA) is 80.5 Å². The van der Waals surface area contributed by atoms with Gasteiger partial charge in [0.25, 0.3) is 5.69 Å². The Morgan fingerprint density at radius 1 is 1.00 bits per heavy atom. The van der Waals surface area contributed by atoms with E-state index in [2.05, 4.69) is 12.2 Å². The lowest BCUT2D eigenvalue weighted by molar-refractivity contribution is -0.384. The molecule has 2 amide bonds. The molecule has 1 heterocycles. The van der Waals surface area contributed by atoms with Crippen LogP contribution in [0, 0.1) is 33.8 Å². The van der Waals surface area contributed by atoms with Crippen molar-refractivity contribution < 1.29 is 14.5 Å². The first-order valence-corrected chi connectivity index (χ1v) is 10.1. The van der Waals surface area contributed by atoms with Gasteiger partial charge >= 0.3 is 0 Å². The van der Waals surface area contributed by atoms with Crippen LogP contribution in [0.4, 0.5) is 11.4 Å². The van der Waals surface area contributed by atoms with Crippen LogP contribution >= 0.6 is 11.6 Å². The predicted molar refractivity (Wildman–Crippen MR) is 104 cm³/mol. The fourth-order valence-electron chi connectivity index (χ4n) is 5.54. The van der Waals surface area contributed by atoms with Crippen molar-refractivity contribution in [3.05, 3.63) is 56.6 Å². The van der Waals surface area contributed by atoms with E-state index in [0.29, 0.717) is 0 Å². The third-order valence-corrected chi connectivity index (χ3v) is 6.99. The van der Waals surface area contributed by atoms with Crippen LogP contribution in [0.15, 0.2) is 41.5 Å². The minimum atomic E-state index is -0.603. The zero-order valence-corrected chi connectivity index (χ0v) is 15.9. The number of imide groups is 1. The molecule has 4 atom stereocenters. The van der Waals surface area contributed by atoms with Gasteiger partial charge in [0.05, 0.1) is 22.4 Å². The highest BCUT2D eigenvalue weighted by Crippen LogP contribution is 2.58. The van der Waals surface area contributed by atoms with E-state index in [9.17, 15) is 19.7 Å². The molecule has 0 radical (unpaired) electrons. The molecule has 5 rings (SSSR count). The molecule has 3 fully saturated rings. The predicted octanol–water partition coefficient (Wildman–Crippen LogP) is 4.43. The number of hydrogen-bond donors (Lipinski definition) is 0. The Morgan fingerprint density at radius 3 is 2.18 bits per heavy atom. The number of carbonyl (C=O) groups excluding carboxylic acids is 2. The first kappa shape index (κ1) is 17.6. The molecule has 7 heteroatoms. The SMILES string of the molecule is O=C1[C@@H]2[C@@H](C(=O)N1c1ccc(Cl)c([N+](=O)[O-])c1)[C@@H]1C=C[C@@H]2C1=C1CCCCC1. The standard InChI is InChI=1S/C21H19ClN2O4/c22-15-9-6-12(10-16(15)24(27)28)23-20(25)18-13-7-8-14(19(18)21(23)26)17(13)11-4-2-1-3-5-11/h6-10,13-14,18-19H,1-5H2/t13-,14-,18+,19+/m1/s1. The van der Waals surface area contributed by atoms with E-state index in [0.717, 1.165) is 17.7 Å². The van der Waals surface area contributed by atoms with Crippen molar-refractivity contribution in [1.29, 1.82) is 0 Å². The fraction of sp³-hybridized carbons (Fsp3) is 0.429. The summed E-state index contributed by atoms with van der Waals surface area (Å²) in [6.45, 7) is 0. The van der Waals surface area contributed by atoms with Gasteiger partial charge in [-0.3, -0.25) is 19.7 Å². The zero-order valence-electron chi connectivity index (χ0n) is 15.1. The molecule has 1 aromatic rings. The van der Waals surface area contributed by atoms with Crippen LogP contribution in [0.2, 0.25) is 5.02 Å². The quantitative estimate of drug-likeness (QED) is 0.319. The second-order valence-electron chi connectivity index (χ2n) is 8.01. The molecule has 0 N–H and O–H groups in total. The maximum absolute atomic E-state index is 13.2. The average Bonchev–Trinajstić information content (AvgIpc) is 3.33. The summed E-state index contributed by atoms with van der Waals surface area (Å²) in [7, 11) is 0. The average molecular weight is 399 g/mol. The maximum Gasteiger partial charge on any atom is 0.289 e. The highest BCUT2D eigenvalue weighted by atomic mass is 35.5. The molecule has 144 valence electrons. The molecule has 0 unspecified atom stereocenters. The minimum absolute atomic E-state index is 0.00756. The Morgan fingerprint density at radius 2 is 1.61 bits per heavy atom. The summed E-state index contributed by atoms with van der Waals surface area (Å²) in [4.78, 5) is 38.2. The first-order valence-electron chi connectivity index (χ1n) is 9.71. The summed E-state index contributed by atoms with van der Waals surface area (Å²) in [5.41, 5.74) is 2.67. The Bertz CT molecular complexity index is 941. The number of anilines is 1. The van der Waals surface area contributed by atoms with Crippen molar-refractivity contribution in [3.8, 4) is 0 Å². The molecular weight excluding hydrogens is 380 g/mol. The lowest BCUT2D eigenvalue weighted by atomic mass is 9.85. The summed E-state index contributed by atoms with van der Waals surface area (Å²) >= 11 is 5.88. The Kier molecular flexibility index (Phi) is 3.95. The summed E-state index contributed by atoms with van der Waals surface area (Å²) in [5, 5.41) is 11.2. The van der Waals surface area contributed by atoms with Crippen molar-refractivity contribution in [2.45, 2.75) is 32.1 Å². The lowest BCUT2D eigenvalue weighted by Gasteiger charge is -2.23. The van der Waals surface area contributed by atoms with Gasteiger partial charge in [0.1, 0.15) is 5.02 Å². The molecule has 0 spiro atoms. The summed E-state index contributed by atoms with van der Waals surface area (Å²) in [6.07, 6.45) is 9.90.